The van der Waals surface area contributed by atoms with Gasteiger partial charge in [-0.15, -0.1) is 0 Å². The monoisotopic (exact) mass is 312 g/mol. The summed E-state index contributed by atoms with van der Waals surface area (Å²) in [5.74, 6) is 0. The Bertz CT molecular complexity index is 1170. The first-order chi connectivity index (χ1) is 11.3. The van der Waals surface area contributed by atoms with Gasteiger partial charge in [-0.05, 0) is 50.0 Å². The van der Waals surface area contributed by atoms with Gasteiger partial charge in [-0.3, -0.25) is 0 Å². The predicted octanol–water partition coefficient (Wildman–Crippen LogP) is 6.90. The van der Waals surface area contributed by atoms with Gasteiger partial charge in [0, 0.05) is 10.6 Å². The van der Waals surface area contributed by atoms with Crippen molar-refractivity contribution in [2.45, 2.75) is 0 Å². The molecular weight excluding hydrogens is 300 g/mol. The Hall–Kier alpha value is -2.57. The van der Waals surface area contributed by atoms with Gasteiger partial charge in [0.15, 0.2) is 0 Å². The van der Waals surface area contributed by atoms with Crippen molar-refractivity contribution >= 4 is 43.9 Å². The van der Waals surface area contributed by atoms with Gasteiger partial charge in [0.05, 0.1) is 0 Å². The fourth-order valence-electron chi connectivity index (χ4n) is 3.66. The van der Waals surface area contributed by atoms with Crippen LogP contribution in [0.2, 0.25) is 5.02 Å². The van der Waals surface area contributed by atoms with Gasteiger partial charge >= 0.3 is 0 Å². The van der Waals surface area contributed by atoms with E-state index >= 15 is 0 Å². The van der Waals surface area contributed by atoms with Crippen LogP contribution in [-0.2, 0) is 0 Å². The summed E-state index contributed by atoms with van der Waals surface area (Å²) in [5, 5.41) is 8.57. The van der Waals surface area contributed by atoms with E-state index in [2.05, 4.69) is 60.7 Å². The lowest BCUT2D eigenvalue weighted by atomic mass is 9.89. The molecule has 0 saturated carbocycles. The van der Waals surface area contributed by atoms with Crippen molar-refractivity contribution in [1.29, 1.82) is 0 Å². The standard InChI is InChI=1S/C22H13Cl/c23-20-10-2-1-8-17(20)19-13-16-7-3-5-14-11-12-15-6-4-9-18(19)22(15)21(14)16/h1-13H. The molecule has 0 aliphatic carbocycles. The molecule has 0 heterocycles. The molecule has 0 radical (unpaired) electrons. The van der Waals surface area contributed by atoms with Crippen molar-refractivity contribution in [1.82, 2.24) is 0 Å². The molecule has 0 saturated heterocycles. The Kier molecular flexibility index (Phi) is 2.65. The molecule has 0 nitrogen and oxygen atoms in total. The molecule has 0 aliphatic rings. The third kappa shape index (κ3) is 1.79. The third-order valence-corrected chi connectivity index (χ3v) is 5.00. The second-order valence-electron chi connectivity index (χ2n) is 5.95. The smallest absolute Gasteiger partial charge is 0.0484 e. The minimum absolute atomic E-state index is 0.794. The van der Waals surface area contributed by atoms with E-state index in [-0.39, 0.29) is 0 Å². The summed E-state index contributed by atoms with van der Waals surface area (Å²) >= 11 is 6.48. The molecule has 5 rings (SSSR count). The fourth-order valence-corrected chi connectivity index (χ4v) is 3.90. The maximum Gasteiger partial charge on any atom is 0.0484 e. The fraction of sp³-hybridized carbons (Fsp3) is 0. The van der Waals surface area contributed by atoms with Crippen LogP contribution >= 0.6 is 11.6 Å². The summed E-state index contributed by atoms with van der Waals surface area (Å²) < 4.78 is 0. The second-order valence-corrected chi connectivity index (χ2v) is 6.36. The third-order valence-electron chi connectivity index (χ3n) is 4.67. The lowest BCUT2D eigenvalue weighted by Gasteiger charge is -2.15. The largest absolute Gasteiger partial charge is 0.0837 e. The molecule has 0 N–H and O–H groups in total. The molecule has 23 heavy (non-hydrogen) atoms. The molecule has 108 valence electrons. The second kappa shape index (κ2) is 4.71. The van der Waals surface area contributed by atoms with Crippen LogP contribution in [0.1, 0.15) is 0 Å². The molecule has 0 unspecified atom stereocenters. The first kappa shape index (κ1) is 12.9. The van der Waals surface area contributed by atoms with Gasteiger partial charge in [0.25, 0.3) is 0 Å². The molecule has 0 amide bonds. The lowest BCUT2D eigenvalue weighted by molar-refractivity contribution is 1.67. The highest BCUT2D eigenvalue weighted by atomic mass is 35.5. The normalized spacial score (nSPS) is 11.7. The average Bonchev–Trinajstić information content (AvgIpc) is 2.60. The Morgan fingerprint density at radius 2 is 1.22 bits per heavy atom. The van der Waals surface area contributed by atoms with E-state index in [1.165, 1.54) is 37.9 Å². The number of benzene rings is 5. The summed E-state index contributed by atoms with van der Waals surface area (Å²) in [7, 11) is 0. The number of halogens is 1. The van der Waals surface area contributed by atoms with E-state index in [1.807, 2.05) is 18.2 Å². The van der Waals surface area contributed by atoms with Crippen LogP contribution in [0.15, 0.2) is 78.9 Å². The van der Waals surface area contributed by atoms with Crippen molar-refractivity contribution in [3.63, 3.8) is 0 Å². The van der Waals surface area contributed by atoms with Crippen LogP contribution in [-0.4, -0.2) is 0 Å². The molecule has 0 bridgehead atoms. The van der Waals surface area contributed by atoms with Crippen LogP contribution in [0.5, 0.6) is 0 Å². The zero-order valence-corrected chi connectivity index (χ0v) is 13.1. The maximum absolute atomic E-state index is 6.48. The van der Waals surface area contributed by atoms with Gasteiger partial charge in [-0.25, -0.2) is 0 Å². The van der Waals surface area contributed by atoms with Gasteiger partial charge in [0.1, 0.15) is 0 Å². The van der Waals surface area contributed by atoms with Gasteiger partial charge in [-0.1, -0.05) is 78.3 Å². The van der Waals surface area contributed by atoms with Gasteiger partial charge in [-0.2, -0.15) is 0 Å². The van der Waals surface area contributed by atoms with Crippen LogP contribution in [0.3, 0.4) is 0 Å². The Balaban J connectivity index is 2.07. The van der Waals surface area contributed by atoms with Gasteiger partial charge < -0.3 is 0 Å². The topological polar surface area (TPSA) is 0 Å². The molecule has 5 aromatic rings. The van der Waals surface area contributed by atoms with E-state index in [0.717, 1.165) is 10.6 Å². The minimum atomic E-state index is 0.794. The Morgan fingerprint density at radius 3 is 2.04 bits per heavy atom. The van der Waals surface area contributed by atoms with Crippen LogP contribution < -0.4 is 0 Å². The van der Waals surface area contributed by atoms with Gasteiger partial charge in [0.2, 0.25) is 0 Å². The molecular formula is C22H13Cl. The Labute approximate surface area is 139 Å². The highest BCUT2D eigenvalue weighted by Crippen LogP contribution is 2.41. The molecule has 5 aromatic carbocycles. The lowest BCUT2D eigenvalue weighted by Crippen LogP contribution is -1.88. The summed E-state index contributed by atoms with van der Waals surface area (Å²) in [6, 6.07) is 27.8. The zero-order valence-electron chi connectivity index (χ0n) is 12.4. The zero-order chi connectivity index (χ0) is 15.4. The first-order valence-corrected chi connectivity index (χ1v) is 8.12. The van der Waals surface area contributed by atoms with Crippen LogP contribution in [0.25, 0.3) is 43.4 Å². The van der Waals surface area contributed by atoms with E-state index in [4.69, 9.17) is 11.6 Å². The van der Waals surface area contributed by atoms with Crippen molar-refractivity contribution in [3.05, 3.63) is 83.9 Å². The molecule has 0 spiro atoms. The van der Waals surface area contributed by atoms with E-state index in [0.29, 0.717) is 0 Å². The van der Waals surface area contributed by atoms with Crippen LogP contribution in [0.4, 0.5) is 0 Å². The number of rotatable bonds is 1. The predicted molar refractivity (Wildman–Crippen MR) is 101 cm³/mol. The molecule has 0 aromatic heterocycles. The Morgan fingerprint density at radius 1 is 0.522 bits per heavy atom. The summed E-state index contributed by atoms with van der Waals surface area (Å²) in [5.41, 5.74) is 2.29. The van der Waals surface area contributed by atoms with Crippen molar-refractivity contribution in [2.75, 3.05) is 0 Å². The van der Waals surface area contributed by atoms with Crippen molar-refractivity contribution in [2.24, 2.45) is 0 Å². The first-order valence-electron chi connectivity index (χ1n) is 7.74. The van der Waals surface area contributed by atoms with E-state index in [9.17, 15) is 0 Å². The average molecular weight is 313 g/mol. The van der Waals surface area contributed by atoms with Crippen molar-refractivity contribution < 1.29 is 0 Å². The van der Waals surface area contributed by atoms with Crippen molar-refractivity contribution in [3.8, 4) is 11.1 Å². The quantitative estimate of drug-likeness (QED) is 0.295. The summed E-state index contributed by atoms with van der Waals surface area (Å²) in [6.45, 7) is 0. The highest BCUT2D eigenvalue weighted by molar-refractivity contribution is 6.34. The van der Waals surface area contributed by atoms with E-state index < -0.39 is 0 Å². The number of hydrogen-bond acceptors (Lipinski definition) is 0. The summed E-state index contributed by atoms with van der Waals surface area (Å²) in [4.78, 5) is 0. The molecule has 0 aliphatic heterocycles. The SMILES string of the molecule is Clc1ccccc1-c1cc2cccc3ccc4cccc1c4c32. The minimum Gasteiger partial charge on any atom is -0.0837 e. The highest BCUT2D eigenvalue weighted by Gasteiger charge is 2.13. The van der Waals surface area contributed by atoms with E-state index in [1.54, 1.807) is 0 Å². The molecule has 1 heteroatoms. The number of hydrogen-bond donors (Lipinski definition) is 0. The maximum atomic E-state index is 6.48. The van der Waals surface area contributed by atoms with Crippen LogP contribution in [0, 0.1) is 0 Å². The molecule has 0 fully saturated rings. The molecule has 0 atom stereocenters. The summed E-state index contributed by atoms with van der Waals surface area (Å²) in [6.07, 6.45) is 0.